The van der Waals surface area contributed by atoms with E-state index in [0.29, 0.717) is 17.9 Å². The largest absolute Gasteiger partial charge is 0.368 e. The van der Waals surface area contributed by atoms with Crippen LogP contribution in [0.1, 0.15) is 40.8 Å². The topological polar surface area (TPSA) is 70.5 Å². The predicted octanol–water partition coefficient (Wildman–Crippen LogP) is 6.03. The van der Waals surface area contributed by atoms with Crippen molar-refractivity contribution < 1.29 is 9.59 Å². The Kier molecular flexibility index (Phi) is 8.01. The summed E-state index contributed by atoms with van der Waals surface area (Å²) >= 11 is 0. The van der Waals surface area contributed by atoms with Gasteiger partial charge in [-0.2, -0.15) is 0 Å². The Morgan fingerprint density at radius 1 is 0.850 bits per heavy atom. The van der Waals surface area contributed by atoms with E-state index in [-0.39, 0.29) is 0 Å². The van der Waals surface area contributed by atoms with Gasteiger partial charge in [0.2, 0.25) is 0 Å². The number of pyridine rings is 1. The lowest BCUT2D eigenvalue weighted by atomic mass is 10.0. The minimum absolute atomic E-state index is 0.441. The molecule has 0 bridgehead atoms. The van der Waals surface area contributed by atoms with Crippen molar-refractivity contribution in [2.24, 2.45) is 0 Å². The Bertz CT molecular complexity index is 1480. The summed E-state index contributed by atoms with van der Waals surface area (Å²) in [5, 5.41) is 2.83. The van der Waals surface area contributed by atoms with E-state index < -0.39 is 11.7 Å². The van der Waals surface area contributed by atoms with E-state index in [1.807, 2.05) is 79.1 Å². The Morgan fingerprint density at radius 2 is 1.52 bits per heavy atom. The first-order valence-corrected chi connectivity index (χ1v) is 14.0. The zero-order chi connectivity index (χ0) is 28.2. The van der Waals surface area contributed by atoms with Gasteiger partial charge >= 0.3 is 0 Å². The van der Waals surface area contributed by atoms with Gasteiger partial charge in [0.25, 0.3) is 11.7 Å². The molecule has 2 aromatic carbocycles. The Morgan fingerprint density at radius 3 is 2.17 bits per heavy atom. The maximum atomic E-state index is 13.5. The molecule has 3 heterocycles. The number of Topliss-reactive ketones (excluding diaryl/α,β-unsaturated/α-hetero) is 1. The predicted molar refractivity (Wildman–Crippen MR) is 162 cm³/mol. The maximum absolute atomic E-state index is 13.5. The molecule has 7 nitrogen and oxygen atoms in total. The Hall–Kier alpha value is -4.39. The van der Waals surface area contributed by atoms with E-state index in [1.165, 1.54) is 5.56 Å². The SMILES string of the molecule is CCCn1c(C)cc(-c2ccccc2)c1C(=O)C(=O)Nc1ccc(N2CCN(c3cc(C)cc(C)n3)CC2)cc1. The van der Waals surface area contributed by atoms with Crippen molar-refractivity contribution >= 4 is 28.9 Å². The summed E-state index contributed by atoms with van der Waals surface area (Å²) in [6.07, 6.45) is 0.864. The average molecular weight is 536 g/mol. The van der Waals surface area contributed by atoms with E-state index >= 15 is 0 Å². The summed E-state index contributed by atoms with van der Waals surface area (Å²) < 4.78 is 1.96. The monoisotopic (exact) mass is 535 g/mol. The van der Waals surface area contributed by atoms with Gasteiger partial charge in [0.15, 0.2) is 0 Å². The lowest BCUT2D eigenvalue weighted by molar-refractivity contribution is -0.112. The molecule has 4 aromatic rings. The molecular weight excluding hydrogens is 498 g/mol. The summed E-state index contributed by atoms with van der Waals surface area (Å²) in [5.41, 5.74) is 7.09. The van der Waals surface area contributed by atoms with Crippen molar-refractivity contribution in [3.63, 3.8) is 0 Å². The average Bonchev–Trinajstić information content (AvgIpc) is 3.29. The zero-order valence-corrected chi connectivity index (χ0v) is 23.8. The summed E-state index contributed by atoms with van der Waals surface area (Å²) in [6.45, 7) is 12.4. The molecule has 0 atom stereocenters. The highest BCUT2D eigenvalue weighted by Gasteiger charge is 2.26. The molecule has 0 spiro atoms. The van der Waals surface area contributed by atoms with Crippen LogP contribution in [-0.4, -0.2) is 47.4 Å². The third-order valence-electron chi connectivity index (χ3n) is 7.44. The number of amides is 1. The van der Waals surface area contributed by atoms with E-state index in [4.69, 9.17) is 4.98 Å². The van der Waals surface area contributed by atoms with E-state index in [9.17, 15) is 9.59 Å². The molecule has 1 amide bonds. The minimum Gasteiger partial charge on any atom is -0.368 e. The van der Waals surface area contributed by atoms with Crippen LogP contribution >= 0.6 is 0 Å². The number of ketones is 1. The van der Waals surface area contributed by atoms with E-state index in [2.05, 4.69) is 41.1 Å². The number of benzene rings is 2. The minimum atomic E-state index is -0.630. The summed E-state index contributed by atoms with van der Waals surface area (Å²) in [4.78, 5) is 36.1. The molecule has 5 rings (SSSR count). The molecule has 0 aliphatic carbocycles. The molecule has 40 heavy (non-hydrogen) atoms. The Balaban J connectivity index is 1.26. The van der Waals surface area contributed by atoms with Crippen LogP contribution in [0.2, 0.25) is 0 Å². The number of piperazine rings is 1. The van der Waals surface area contributed by atoms with Crippen molar-refractivity contribution in [1.82, 2.24) is 9.55 Å². The molecule has 1 aliphatic heterocycles. The van der Waals surface area contributed by atoms with Gasteiger partial charge in [0, 0.05) is 61.0 Å². The quantitative estimate of drug-likeness (QED) is 0.220. The first-order chi connectivity index (χ1) is 19.3. The number of nitrogens with one attached hydrogen (secondary N) is 1. The van der Waals surface area contributed by atoms with Gasteiger partial charge in [-0.15, -0.1) is 0 Å². The normalized spacial score (nSPS) is 13.4. The number of carbonyl (C=O) groups excluding carboxylic acids is 2. The van der Waals surface area contributed by atoms with Crippen LogP contribution in [0, 0.1) is 20.8 Å². The molecule has 1 fully saturated rings. The van der Waals surface area contributed by atoms with Crippen LogP contribution in [0.4, 0.5) is 17.2 Å². The molecule has 206 valence electrons. The fraction of sp³-hybridized carbons (Fsp3) is 0.303. The molecule has 0 unspecified atom stereocenters. The van der Waals surface area contributed by atoms with Gasteiger partial charge < -0.3 is 19.7 Å². The molecule has 1 saturated heterocycles. The van der Waals surface area contributed by atoms with Crippen molar-refractivity contribution in [2.75, 3.05) is 41.3 Å². The third kappa shape index (κ3) is 5.78. The summed E-state index contributed by atoms with van der Waals surface area (Å²) in [6, 6.07) is 23.7. The van der Waals surface area contributed by atoms with E-state index in [1.54, 1.807) is 0 Å². The molecule has 1 N–H and O–H groups in total. The fourth-order valence-corrected chi connectivity index (χ4v) is 5.50. The molecular formula is C33H37N5O2. The van der Waals surface area contributed by atoms with Crippen LogP contribution in [0.25, 0.3) is 11.1 Å². The van der Waals surface area contributed by atoms with Gasteiger partial charge in [-0.3, -0.25) is 9.59 Å². The van der Waals surface area contributed by atoms with Gasteiger partial charge in [0.1, 0.15) is 11.5 Å². The maximum Gasteiger partial charge on any atom is 0.298 e. The lowest BCUT2D eigenvalue weighted by Gasteiger charge is -2.37. The molecule has 2 aromatic heterocycles. The number of aromatic nitrogens is 2. The van der Waals surface area contributed by atoms with Crippen LogP contribution in [0.15, 0.2) is 72.8 Å². The van der Waals surface area contributed by atoms with Crippen molar-refractivity contribution in [3.05, 3.63) is 95.4 Å². The molecule has 7 heteroatoms. The van der Waals surface area contributed by atoms with Crippen LogP contribution in [0.3, 0.4) is 0 Å². The van der Waals surface area contributed by atoms with Crippen LogP contribution < -0.4 is 15.1 Å². The first kappa shape index (κ1) is 27.2. The van der Waals surface area contributed by atoms with Gasteiger partial charge in [0.05, 0.1) is 0 Å². The van der Waals surface area contributed by atoms with E-state index in [0.717, 1.165) is 66.6 Å². The van der Waals surface area contributed by atoms with Gasteiger partial charge in [-0.05, 0) is 80.8 Å². The van der Waals surface area contributed by atoms with Crippen molar-refractivity contribution in [1.29, 1.82) is 0 Å². The number of anilines is 3. The second-order valence-electron chi connectivity index (χ2n) is 10.5. The zero-order valence-electron chi connectivity index (χ0n) is 23.8. The number of rotatable bonds is 8. The molecule has 0 radical (unpaired) electrons. The number of carbonyl (C=O) groups is 2. The summed E-state index contributed by atoms with van der Waals surface area (Å²) in [7, 11) is 0. The van der Waals surface area contributed by atoms with Gasteiger partial charge in [-0.1, -0.05) is 37.3 Å². The smallest absolute Gasteiger partial charge is 0.298 e. The second kappa shape index (κ2) is 11.8. The second-order valence-corrected chi connectivity index (χ2v) is 10.5. The standard InChI is InChI=1S/C33H37N5O2/c1-5-15-38-25(4)22-29(26-9-7-6-8-10-26)31(38)32(39)33(40)35-27-11-13-28(14-12-27)36-16-18-37(19-17-36)30-21-23(2)20-24(3)34-30/h6-14,20-22H,5,15-19H2,1-4H3,(H,35,40). The Labute approximate surface area is 236 Å². The first-order valence-electron chi connectivity index (χ1n) is 14.0. The fourth-order valence-electron chi connectivity index (χ4n) is 5.50. The highest BCUT2D eigenvalue weighted by atomic mass is 16.2. The summed E-state index contributed by atoms with van der Waals surface area (Å²) in [5.74, 6) is -0.119. The van der Waals surface area contributed by atoms with Crippen molar-refractivity contribution in [2.45, 2.75) is 40.7 Å². The number of hydrogen-bond donors (Lipinski definition) is 1. The third-order valence-corrected chi connectivity index (χ3v) is 7.44. The highest BCUT2D eigenvalue weighted by molar-refractivity contribution is 6.47. The molecule has 0 saturated carbocycles. The highest BCUT2D eigenvalue weighted by Crippen LogP contribution is 2.29. The van der Waals surface area contributed by atoms with Crippen LogP contribution in [0.5, 0.6) is 0 Å². The number of nitrogens with zero attached hydrogens (tertiary/aromatic N) is 4. The molecule has 1 aliphatic rings. The number of aryl methyl sites for hydroxylation is 3. The van der Waals surface area contributed by atoms with Crippen molar-refractivity contribution in [3.8, 4) is 11.1 Å². The van der Waals surface area contributed by atoms with Crippen LogP contribution in [-0.2, 0) is 11.3 Å². The lowest BCUT2D eigenvalue weighted by Crippen LogP contribution is -2.46. The number of hydrogen-bond acceptors (Lipinski definition) is 5. The van der Waals surface area contributed by atoms with Gasteiger partial charge in [-0.25, -0.2) is 4.98 Å².